The molecule has 0 saturated heterocycles. The van der Waals surface area contributed by atoms with E-state index in [9.17, 15) is 14.4 Å². The fraction of sp³-hybridized carbons (Fsp3) is 0.400. The maximum absolute atomic E-state index is 12.6. The summed E-state index contributed by atoms with van der Waals surface area (Å²) in [5, 5.41) is 23.2. The molecule has 0 unspecified atom stereocenters. The number of carbonyl (C=O) groups is 3. The lowest BCUT2D eigenvalue weighted by Gasteiger charge is -2.23. The molecule has 33 heavy (non-hydrogen) atoms. The van der Waals surface area contributed by atoms with E-state index in [0.29, 0.717) is 0 Å². The van der Waals surface area contributed by atoms with Crippen LogP contribution in [0.1, 0.15) is 43.7 Å². The first kappa shape index (κ1) is 24.3. The smallest absolute Gasteiger partial charge is 0.407 e. The summed E-state index contributed by atoms with van der Waals surface area (Å²) in [7, 11) is 0. The first-order valence-electron chi connectivity index (χ1n) is 11.1. The Kier molecular flexibility index (Phi) is 8.06. The van der Waals surface area contributed by atoms with Crippen LogP contribution in [0.15, 0.2) is 48.5 Å². The minimum atomic E-state index is -1.22. The number of benzene rings is 2. The minimum Gasteiger partial charge on any atom is -0.480 e. The molecule has 2 amide bonds. The summed E-state index contributed by atoms with van der Waals surface area (Å²) in [4.78, 5) is 36.1. The minimum absolute atomic E-state index is 0.0706. The standard InChI is InChI=1S/C25H30N2O6/c1-15(2)22(13-23(29)26-21(11-12-28)24(30)31)27-25(32)33-14-20-18-9-5-3-7-16(18)17-8-4-6-10-19(17)20/h3-10,15,20-22,28H,11-14H2,1-2H3,(H,26,29)(H,27,32)(H,30,31)/t21-,22+/m1/s1. The number of hydrogen-bond donors (Lipinski definition) is 4. The molecule has 2 atom stereocenters. The summed E-state index contributed by atoms with van der Waals surface area (Å²) in [6.07, 6.45) is -0.821. The van der Waals surface area contributed by atoms with Crippen molar-refractivity contribution < 1.29 is 29.3 Å². The molecule has 0 bridgehead atoms. The predicted molar refractivity (Wildman–Crippen MR) is 123 cm³/mol. The number of carboxylic acids is 1. The first-order chi connectivity index (χ1) is 15.8. The zero-order valence-electron chi connectivity index (χ0n) is 18.8. The van der Waals surface area contributed by atoms with Crippen LogP contribution >= 0.6 is 0 Å². The molecular weight excluding hydrogens is 424 g/mol. The van der Waals surface area contributed by atoms with Crippen molar-refractivity contribution in [1.82, 2.24) is 10.6 Å². The van der Waals surface area contributed by atoms with Gasteiger partial charge in [0.05, 0.1) is 0 Å². The number of aliphatic hydroxyl groups excluding tert-OH is 1. The first-order valence-corrected chi connectivity index (χ1v) is 11.1. The van der Waals surface area contributed by atoms with E-state index in [2.05, 4.69) is 22.8 Å². The van der Waals surface area contributed by atoms with Gasteiger partial charge >= 0.3 is 12.1 Å². The van der Waals surface area contributed by atoms with E-state index in [-0.39, 0.29) is 37.9 Å². The van der Waals surface area contributed by atoms with Crippen LogP contribution in [0.4, 0.5) is 4.79 Å². The Morgan fingerprint density at radius 3 is 2.06 bits per heavy atom. The van der Waals surface area contributed by atoms with E-state index in [4.69, 9.17) is 14.9 Å². The molecule has 2 aromatic carbocycles. The van der Waals surface area contributed by atoms with E-state index < -0.39 is 30.1 Å². The fourth-order valence-electron chi connectivity index (χ4n) is 4.08. The Morgan fingerprint density at radius 2 is 1.55 bits per heavy atom. The molecule has 0 radical (unpaired) electrons. The highest BCUT2D eigenvalue weighted by molar-refractivity contribution is 5.84. The average molecular weight is 455 g/mol. The molecule has 176 valence electrons. The number of carbonyl (C=O) groups excluding carboxylic acids is 2. The second-order valence-electron chi connectivity index (χ2n) is 8.50. The second-order valence-corrected chi connectivity index (χ2v) is 8.50. The number of alkyl carbamates (subject to hydrolysis) is 1. The topological polar surface area (TPSA) is 125 Å². The van der Waals surface area contributed by atoms with Crippen LogP contribution in [-0.2, 0) is 14.3 Å². The van der Waals surface area contributed by atoms with E-state index in [0.717, 1.165) is 22.3 Å². The number of aliphatic hydroxyl groups is 1. The number of nitrogens with one attached hydrogen (secondary N) is 2. The number of aliphatic carboxylic acids is 1. The lowest BCUT2D eigenvalue weighted by Crippen LogP contribution is -2.46. The molecule has 0 saturated carbocycles. The summed E-state index contributed by atoms with van der Waals surface area (Å²) in [6, 6.07) is 14.4. The van der Waals surface area contributed by atoms with Gasteiger partial charge in [-0.3, -0.25) is 4.79 Å². The van der Waals surface area contributed by atoms with Crippen LogP contribution in [0.3, 0.4) is 0 Å². The molecule has 8 heteroatoms. The summed E-state index contributed by atoms with van der Waals surface area (Å²) < 4.78 is 5.55. The normalized spacial score (nSPS) is 14.2. The predicted octanol–water partition coefficient (Wildman–Crippen LogP) is 2.89. The Hall–Kier alpha value is -3.39. The maximum atomic E-state index is 12.6. The number of amides is 2. The molecule has 3 rings (SSSR count). The van der Waals surface area contributed by atoms with Crippen LogP contribution in [0.5, 0.6) is 0 Å². The van der Waals surface area contributed by atoms with E-state index in [1.807, 2.05) is 50.2 Å². The van der Waals surface area contributed by atoms with E-state index >= 15 is 0 Å². The van der Waals surface area contributed by atoms with Gasteiger partial charge < -0.3 is 25.6 Å². The van der Waals surface area contributed by atoms with Crippen molar-refractivity contribution in [1.29, 1.82) is 0 Å². The molecule has 0 heterocycles. The fourth-order valence-corrected chi connectivity index (χ4v) is 4.08. The van der Waals surface area contributed by atoms with Crippen LogP contribution in [0.2, 0.25) is 0 Å². The molecule has 0 aromatic heterocycles. The van der Waals surface area contributed by atoms with Crippen molar-refractivity contribution in [2.24, 2.45) is 5.92 Å². The highest BCUT2D eigenvalue weighted by Gasteiger charge is 2.30. The molecule has 1 aliphatic carbocycles. The van der Waals surface area contributed by atoms with Gasteiger partial charge in [0, 0.05) is 31.4 Å². The van der Waals surface area contributed by atoms with Crippen LogP contribution in [-0.4, -0.2) is 53.5 Å². The van der Waals surface area contributed by atoms with E-state index in [1.54, 1.807) is 0 Å². The molecule has 4 N–H and O–H groups in total. The van der Waals surface area contributed by atoms with Gasteiger partial charge in [-0.15, -0.1) is 0 Å². The SMILES string of the molecule is CC(C)[C@H](CC(=O)N[C@H](CCO)C(=O)O)NC(=O)OCC1c2ccccc2-c2ccccc21. The van der Waals surface area contributed by atoms with Gasteiger partial charge in [-0.2, -0.15) is 0 Å². The van der Waals surface area contributed by atoms with Crippen molar-refractivity contribution >= 4 is 18.0 Å². The third kappa shape index (κ3) is 5.90. The third-order valence-electron chi connectivity index (χ3n) is 5.91. The molecule has 0 fully saturated rings. The van der Waals surface area contributed by atoms with Crippen molar-refractivity contribution in [2.75, 3.05) is 13.2 Å². The van der Waals surface area contributed by atoms with Crippen LogP contribution < -0.4 is 10.6 Å². The second kappa shape index (κ2) is 11.0. The van der Waals surface area contributed by atoms with Gasteiger partial charge in [0.2, 0.25) is 5.91 Å². The number of hydrogen-bond acceptors (Lipinski definition) is 5. The van der Waals surface area contributed by atoms with Crippen molar-refractivity contribution in [3.63, 3.8) is 0 Å². The number of carboxylic acid groups (broad SMARTS) is 1. The largest absolute Gasteiger partial charge is 0.480 e. The van der Waals surface area contributed by atoms with Gasteiger partial charge in [-0.05, 0) is 28.2 Å². The zero-order valence-corrected chi connectivity index (χ0v) is 18.8. The molecule has 0 aliphatic heterocycles. The van der Waals surface area contributed by atoms with Crippen molar-refractivity contribution in [2.45, 2.75) is 44.7 Å². The lowest BCUT2D eigenvalue weighted by atomic mass is 9.98. The van der Waals surface area contributed by atoms with Crippen molar-refractivity contribution in [3.8, 4) is 11.1 Å². The Morgan fingerprint density at radius 1 is 0.970 bits per heavy atom. The van der Waals surface area contributed by atoms with Gasteiger partial charge in [0.15, 0.2) is 0 Å². The number of rotatable bonds is 10. The van der Waals surface area contributed by atoms with Gasteiger partial charge in [-0.25, -0.2) is 9.59 Å². The quantitative estimate of drug-likeness (QED) is 0.438. The number of fused-ring (bicyclic) bond motifs is 3. The number of ether oxygens (including phenoxy) is 1. The summed E-state index contributed by atoms with van der Waals surface area (Å²) in [5.41, 5.74) is 4.48. The monoisotopic (exact) mass is 454 g/mol. The van der Waals surface area contributed by atoms with Gasteiger partial charge in [0.1, 0.15) is 12.6 Å². The lowest BCUT2D eigenvalue weighted by molar-refractivity contribution is -0.142. The van der Waals surface area contributed by atoms with Crippen LogP contribution in [0.25, 0.3) is 11.1 Å². The van der Waals surface area contributed by atoms with Gasteiger partial charge in [0.25, 0.3) is 0 Å². The van der Waals surface area contributed by atoms with E-state index in [1.165, 1.54) is 0 Å². The Balaban J connectivity index is 1.60. The molecule has 2 aromatic rings. The average Bonchev–Trinajstić information content (AvgIpc) is 3.10. The third-order valence-corrected chi connectivity index (χ3v) is 5.91. The highest BCUT2D eigenvalue weighted by Crippen LogP contribution is 2.44. The molecule has 1 aliphatic rings. The molecule has 0 spiro atoms. The summed E-state index contributed by atoms with van der Waals surface area (Å²) in [5.74, 6) is -1.90. The zero-order chi connectivity index (χ0) is 24.0. The van der Waals surface area contributed by atoms with Crippen molar-refractivity contribution in [3.05, 3.63) is 59.7 Å². The van der Waals surface area contributed by atoms with Crippen LogP contribution in [0, 0.1) is 5.92 Å². The Bertz CT molecular complexity index is 960. The Labute approximate surface area is 193 Å². The molecular formula is C25H30N2O6. The highest BCUT2D eigenvalue weighted by atomic mass is 16.5. The maximum Gasteiger partial charge on any atom is 0.407 e. The van der Waals surface area contributed by atoms with Gasteiger partial charge in [-0.1, -0.05) is 62.4 Å². The summed E-state index contributed by atoms with van der Waals surface area (Å²) >= 11 is 0. The molecule has 8 nitrogen and oxygen atoms in total. The summed E-state index contributed by atoms with van der Waals surface area (Å²) in [6.45, 7) is 3.51.